The standard InChI is InChI=1S/C22H21F3N6O3/c1-11-28-29-21(30(11)2)12-5-6-15-14(7-12)26-10-31(15)13-8-16(33-3)18(17(9-13)34-4)22(32)27-20(25)19(23)24/h5-10,19-20H,1-4H3,(H,27,32). The van der Waals surface area contributed by atoms with Gasteiger partial charge in [0.15, 0.2) is 5.82 Å². The summed E-state index contributed by atoms with van der Waals surface area (Å²) >= 11 is 0. The summed E-state index contributed by atoms with van der Waals surface area (Å²) in [7, 11) is 4.48. The molecular formula is C22H21F3N6O3. The van der Waals surface area contributed by atoms with E-state index in [1.165, 1.54) is 26.4 Å². The number of fused-ring (bicyclic) bond motifs is 1. The molecule has 12 heteroatoms. The highest BCUT2D eigenvalue weighted by Gasteiger charge is 2.27. The zero-order valence-electron chi connectivity index (χ0n) is 18.7. The third-order valence-corrected chi connectivity index (χ3v) is 5.38. The Bertz CT molecular complexity index is 1340. The summed E-state index contributed by atoms with van der Waals surface area (Å²) in [5.74, 6) is 0.411. The molecule has 0 saturated heterocycles. The Labute approximate surface area is 192 Å². The second kappa shape index (κ2) is 9.04. The lowest BCUT2D eigenvalue weighted by atomic mass is 10.1. The second-order valence-corrected chi connectivity index (χ2v) is 7.38. The predicted molar refractivity (Wildman–Crippen MR) is 117 cm³/mol. The van der Waals surface area contributed by atoms with E-state index in [1.54, 1.807) is 16.2 Å². The van der Waals surface area contributed by atoms with E-state index < -0.39 is 18.6 Å². The molecule has 4 rings (SSSR count). The molecule has 0 spiro atoms. The van der Waals surface area contributed by atoms with Gasteiger partial charge in [0.05, 0.1) is 30.9 Å². The Balaban J connectivity index is 1.76. The van der Waals surface area contributed by atoms with E-state index in [1.807, 2.05) is 36.7 Å². The van der Waals surface area contributed by atoms with E-state index in [9.17, 15) is 18.0 Å². The van der Waals surface area contributed by atoms with Crippen molar-refractivity contribution in [2.75, 3.05) is 14.2 Å². The quantitative estimate of drug-likeness (QED) is 0.413. The maximum Gasteiger partial charge on any atom is 0.287 e. The molecule has 1 N–H and O–H groups in total. The molecule has 0 aliphatic carbocycles. The lowest BCUT2D eigenvalue weighted by Crippen LogP contribution is -2.36. The van der Waals surface area contributed by atoms with Crippen LogP contribution in [-0.2, 0) is 7.05 Å². The lowest BCUT2D eigenvalue weighted by molar-refractivity contribution is 0.0285. The predicted octanol–water partition coefficient (Wildman–Crippen LogP) is 3.44. The van der Waals surface area contributed by atoms with Crippen LogP contribution in [0.2, 0.25) is 0 Å². The van der Waals surface area contributed by atoms with Gasteiger partial charge in [-0.15, -0.1) is 10.2 Å². The monoisotopic (exact) mass is 474 g/mol. The van der Waals surface area contributed by atoms with Crippen molar-refractivity contribution in [1.29, 1.82) is 0 Å². The Kier molecular flexibility index (Phi) is 6.14. The van der Waals surface area contributed by atoms with Crippen molar-refractivity contribution in [3.63, 3.8) is 0 Å². The first kappa shape index (κ1) is 23.1. The number of benzene rings is 2. The molecule has 4 aromatic rings. The first-order valence-corrected chi connectivity index (χ1v) is 10.1. The minimum Gasteiger partial charge on any atom is -0.496 e. The summed E-state index contributed by atoms with van der Waals surface area (Å²) in [5, 5.41) is 9.88. The number of aryl methyl sites for hydroxylation is 1. The molecule has 1 unspecified atom stereocenters. The van der Waals surface area contributed by atoms with Crippen LogP contribution in [0, 0.1) is 6.92 Å². The number of hydrogen-bond donors (Lipinski definition) is 1. The molecule has 0 bridgehead atoms. The number of halogens is 3. The molecule has 0 fully saturated rings. The van der Waals surface area contributed by atoms with Crippen LogP contribution in [0.4, 0.5) is 13.2 Å². The zero-order valence-corrected chi connectivity index (χ0v) is 18.7. The smallest absolute Gasteiger partial charge is 0.287 e. The van der Waals surface area contributed by atoms with Crippen molar-refractivity contribution in [2.45, 2.75) is 19.6 Å². The van der Waals surface area contributed by atoms with Crippen molar-refractivity contribution in [3.05, 3.63) is 48.0 Å². The topological polar surface area (TPSA) is 96.1 Å². The number of nitrogens with zero attached hydrogens (tertiary/aromatic N) is 5. The average Bonchev–Trinajstić information content (AvgIpc) is 3.40. The normalized spacial score (nSPS) is 12.2. The first-order chi connectivity index (χ1) is 16.2. The first-order valence-electron chi connectivity index (χ1n) is 10.1. The molecule has 0 aliphatic heterocycles. The molecular weight excluding hydrogens is 453 g/mol. The van der Waals surface area contributed by atoms with Gasteiger partial charge in [-0.1, -0.05) is 0 Å². The summed E-state index contributed by atoms with van der Waals surface area (Å²) < 4.78 is 52.7. The van der Waals surface area contributed by atoms with Gasteiger partial charge in [0, 0.05) is 24.7 Å². The highest BCUT2D eigenvalue weighted by molar-refractivity contribution is 6.00. The molecule has 0 radical (unpaired) electrons. The molecule has 178 valence electrons. The molecule has 2 aromatic carbocycles. The van der Waals surface area contributed by atoms with Gasteiger partial charge in [-0.2, -0.15) is 0 Å². The van der Waals surface area contributed by atoms with Crippen LogP contribution < -0.4 is 14.8 Å². The molecule has 2 aromatic heterocycles. The van der Waals surface area contributed by atoms with Crippen molar-refractivity contribution < 1.29 is 27.4 Å². The second-order valence-electron chi connectivity index (χ2n) is 7.38. The van der Waals surface area contributed by atoms with E-state index in [2.05, 4.69) is 15.2 Å². The zero-order chi connectivity index (χ0) is 24.6. The van der Waals surface area contributed by atoms with Gasteiger partial charge in [0.2, 0.25) is 6.30 Å². The van der Waals surface area contributed by atoms with E-state index in [0.717, 1.165) is 16.9 Å². The molecule has 34 heavy (non-hydrogen) atoms. The number of rotatable bonds is 7. The number of carbonyl (C=O) groups is 1. The largest absolute Gasteiger partial charge is 0.496 e. The van der Waals surface area contributed by atoms with Crippen molar-refractivity contribution >= 4 is 16.9 Å². The number of hydrogen-bond acceptors (Lipinski definition) is 6. The van der Waals surface area contributed by atoms with Crippen LogP contribution in [0.3, 0.4) is 0 Å². The minimum atomic E-state index is -3.37. The summed E-state index contributed by atoms with van der Waals surface area (Å²) in [5.41, 5.74) is 2.57. The van der Waals surface area contributed by atoms with E-state index in [4.69, 9.17) is 9.47 Å². The SMILES string of the molecule is COc1cc(-n2cnc3cc(-c4nnc(C)n4C)ccc32)cc(OC)c1C(=O)NC(F)C(F)F. The fourth-order valence-electron chi connectivity index (χ4n) is 3.54. The Hall–Kier alpha value is -4.09. The summed E-state index contributed by atoms with van der Waals surface area (Å²) in [4.78, 5) is 16.9. The maximum atomic E-state index is 13.4. The highest BCUT2D eigenvalue weighted by atomic mass is 19.3. The lowest BCUT2D eigenvalue weighted by Gasteiger charge is -2.17. The fraction of sp³-hybridized carbons (Fsp3) is 0.273. The van der Waals surface area contributed by atoms with Gasteiger partial charge in [-0.05, 0) is 25.1 Å². The van der Waals surface area contributed by atoms with Gasteiger partial charge in [0.1, 0.15) is 29.2 Å². The van der Waals surface area contributed by atoms with E-state index in [-0.39, 0.29) is 17.1 Å². The third kappa shape index (κ3) is 4.02. The Morgan fingerprint density at radius 1 is 1.06 bits per heavy atom. The number of amides is 1. The summed E-state index contributed by atoms with van der Waals surface area (Å²) in [6, 6.07) is 8.63. The molecule has 1 atom stereocenters. The summed E-state index contributed by atoms with van der Waals surface area (Å²) in [6.07, 6.45) is -4.61. The van der Waals surface area contributed by atoms with Crippen LogP contribution in [-0.4, -0.2) is 57.2 Å². The summed E-state index contributed by atoms with van der Waals surface area (Å²) in [6.45, 7) is 1.86. The minimum absolute atomic E-state index is 0.0151. The maximum absolute atomic E-state index is 13.4. The number of methoxy groups -OCH3 is 2. The Morgan fingerprint density at radius 3 is 2.29 bits per heavy atom. The number of carbonyl (C=O) groups excluding carboxylic acids is 1. The average molecular weight is 474 g/mol. The van der Waals surface area contributed by atoms with Crippen molar-refractivity contribution in [2.24, 2.45) is 7.05 Å². The number of alkyl halides is 3. The molecule has 1 amide bonds. The van der Waals surface area contributed by atoms with E-state index >= 15 is 0 Å². The number of aromatic nitrogens is 5. The molecule has 9 nitrogen and oxygen atoms in total. The van der Waals surface area contributed by atoms with Crippen LogP contribution in [0.5, 0.6) is 11.5 Å². The van der Waals surface area contributed by atoms with E-state index in [0.29, 0.717) is 17.0 Å². The number of nitrogens with one attached hydrogen (secondary N) is 1. The van der Waals surface area contributed by atoms with Crippen LogP contribution >= 0.6 is 0 Å². The van der Waals surface area contributed by atoms with Crippen molar-refractivity contribution in [1.82, 2.24) is 29.6 Å². The molecule has 2 heterocycles. The molecule has 0 aliphatic rings. The number of imidazole rings is 1. The van der Waals surface area contributed by atoms with Gasteiger partial charge >= 0.3 is 0 Å². The Morgan fingerprint density at radius 2 is 1.74 bits per heavy atom. The third-order valence-electron chi connectivity index (χ3n) is 5.38. The molecule has 0 saturated carbocycles. The van der Waals surface area contributed by atoms with Crippen LogP contribution in [0.25, 0.3) is 28.1 Å². The van der Waals surface area contributed by atoms with Gasteiger partial charge < -0.3 is 19.4 Å². The van der Waals surface area contributed by atoms with Crippen LogP contribution in [0.1, 0.15) is 16.2 Å². The van der Waals surface area contributed by atoms with Crippen LogP contribution in [0.15, 0.2) is 36.7 Å². The van der Waals surface area contributed by atoms with Gasteiger partial charge in [0.25, 0.3) is 12.3 Å². The van der Waals surface area contributed by atoms with Crippen molar-refractivity contribution in [3.8, 4) is 28.6 Å². The number of ether oxygens (including phenoxy) is 2. The van der Waals surface area contributed by atoms with Gasteiger partial charge in [-0.3, -0.25) is 9.36 Å². The van der Waals surface area contributed by atoms with Gasteiger partial charge in [-0.25, -0.2) is 18.2 Å². The highest BCUT2D eigenvalue weighted by Crippen LogP contribution is 2.34. The fourth-order valence-corrected chi connectivity index (χ4v) is 3.54.